The molecule has 4 aromatic carbocycles. The molecule has 0 atom stereocenters. The van der Waals surface area contributed by atoms with Crippen LogP contribution in [0.2, 0.25) is 0 Å². The molecule has 0 radical (unpaired) electrons. The first kappa shape index (κ1) is 40.7. The van der Waals surface area contributed by atoms with Crippen LogP contribution in [0.25, 0.3) is 0 Å². The number of hydrogen-bond donors (Lipinski definition) is 0. The summed E-state index contributed by atoms with van der Waals surface area (Å²) in [6.45, 7) is 4.35. The quantitative estimate of drug-likeness (QED) is 0.0643. The van der Waals surface area contributed by atoms with Crippen LogP contribution in [0, 0.1) is 0 Å². The summed E-state index contributed by atoms with van der Waals surface area (Å²) >= 11 is 0. The van der Waals surface area contributed by atoms with E-state index in [4.69, 9.17) is 9.47 Å². The van der Waals surface area contributed by atoms with Gasteiger partial charge in [0.1, 0.15) is 43.2 Å². The normalized spacial score (nSPS) is 11.1. The molecule has 4 aromatic rings. The van der Waals surface area contributed by atoms with E-state index in [1.807, 2.05) is 36.4 Å². The van der Waals surface area contributed by atoms with Crippen molar-refractivity contribution in [1.82, 2.24) is 0 Å². The van der Waals surface area contributed by atoms with Crippen molar-refractivity contribution in [2.45, 2.75) is 87.8 Å². The van der Waals surface area contributed by atoms with Crippen molar-refractivity contribution in [2.24, 2.45) is 0 Å². The predicted molar refractivity (Wildman–Crippen MR) is 183 cm³/mol. The predicted octanol–water partition coefficient (Wildman–Crippen LogP) is 8.63. The van der Waals surface area contributed by atoms with Gasteiger partial charge in [0.2, 0.25) is 0 Å². The largest absolute Gasteiger partial charge is 2.00 e. The van der Waals surface area contributed by atoms with Crippen molar-refractivity contribution < 1.29 is 35.4 Å². The van der Waals surface area contributed by atoms with Crippen LogP contribution in [-0.2, 0) is 33.1 Å². The smallest absolute Gasteiger partial charge is 0.744 e. The Bertz CT molecular complexity index is 1610. The molecule has 8 nitrogen and oxygen atoms in total. The molecular formula is C36H42CaO8S2. The zero-order valence-corrected chi connectivity index (χ0v) is 30.9. The Balaban J connectivity index is 0.000000320. The van der Waals surface area contributed by atoms with Gasteiger partial charge in [-0.25, -0.2) is 16.8 Å². The Hall–Kier alpha value is -2.44. The number of rotatable bonds is 16. The Labute approximate surface area is 310 Å². The summed E-state index contributed by atoms with van der Waals surface area (Å²) < 4.78 is 78.9. The Morgan fingerprint density at radius 2 is 0.894 bits per heavy atom. The van der Waals surface area contributed by atoms with Gasteiger partial charge in [0.05, 0.1) is 9.79 Å². The van der Waals surface area contributed by atoms with Gasteiger partial charge in [-0.2, -0.15) is 0 Å². The molecule has 0 aliphatic carbocycles. The number of para-hydroxylation sites is 2. The SMILES string of the molecule is CCCCCCc1cccc(Oc2ccccc2S(=O)(=O)[O-])c1.CCCCCCc1cccc(Oc2ccccc2S(=O)(=O)[O-])c1.[Ca+2]. The molecule has 0 bridgehead atoms. The molecule has 0 amide bonds. The summed E-state index contributed by atoms with van der Waals surface area (Å²) in [5, 5.41) is 0. The van der Waals surface area contributed by atoms with Crippen LogP contribution in [0.15, 0.2) is 107 Å². The molecule has 0 saturated carbocycles. The molecule has 0 aliphatic heterocycles. The summed E-state index contributed by atoms with van der Waals surface area (Å²) in [6.07, 6.45) is 11.4. The fraction of sp³-hybridized carbons (Fsp3) is 0.333. The van der Waals surface area contributed by atoms with E-state index in [9.17, 15) is 25.9 Å². The molecule has 0 heterocycles. The molecule has 11 heteroatoms. The van der Waals surface area contributed by atoms with Crippen molar-refractivity contribution >= 4 is 58.0 Å². The summed E-state index contributed by atoms with van der Waals surface area (Å²) in [4.78, 5) is -0.679. The monoisotopic (exact) mass is 706 g/mol. The van der Waals surface area contributed by atoms with Gasteiger partial charge in [0.25, 0.3) is 0 Å². The Morgan fingerprint density at radius 1 is 0.511 bits per heavy atom. The Kier molecular flexibility index (Phi) is 18.0. The van der Waals surface area contributed by atoms with Gasteiger partial charge in [0, 0.05) is 0 Å². The first-order chi connectivity index (χ1) is 22.0. The van der Waals surface area contributed by atoms with Crippen molar-refractivity contribution in [3.05, 3.63) is 108 Å². The second kappa shape index (κ2) is 20.8. The number of benzene rings is 4. The molecule has 0 N–H and O–H groups in total. The van der Waals surface area contributed by atoms with Crippen molar-refractivity contribution in [3.8, 4) is 23.0 Å². The van der Waals surface area contributed by atoms with Gasteiger partial charge >= 0.3 is 37.7 Å². The van der Waals surface area contributed by atoms with Crippen LogP contribution in [0.4, 0.5) is 0 Å². The van der Waals surface area contributed by atoms with Gasteiger partial charge in [-0.1, -0.05) is 101 Å². The molecule has 0 spiro atoms. The molecule has 0 unspecified atom stereocenters. The summed E-state index contributed by atoms with van der Waals surface area (Å²) in [5.74, 6) is 1.19. The van der Waals surface area contributed by atoms with Gasteiger partial charge in [0.15, 0.2) is 0 Å². The van der Waals surface area contributed by atoms with Gasteiger partial charge in [-0.15, -0.1) is 0 Å². The van der Waals surface area contributed by atoms with E-state index < -0.39 is 20.2 Å². The van der Waals surface area contributed by atoms with Crippen molar-refractivity contribution in [2.75, 3.05) is 0 Å². The van der Waals surface area contributed by atoms with E-state index in [-0.39, 0.29) is 59.0 Å². The number of ether oxygens (including phenoxy) is 2. The molecule has 0 saturated heterocycles. The average Bonchev–Trinajstić information content (AvgIpc) is 3.02. The van der Waals surface area contributed by atoms with E-state index in [0.29, 0.717) is 11.5 Å². The number of hydrogen-bond acceptors (Lipinski definition) is 8. The van der Waals surface area contributed by atoms with E-state index >= 15 is 0 Å². The van der Waals surface area contributed by atoms with Gasteiger partial charge < -0.3 is 18.6 Å². The Morgan fingerprint density at radius 3 is 1.26 bits per heavy atom. The third-order valence-electron chi connectivity index (χ3n) is 7.13. The van der Waals surface area contributed by atoms with Crippen LogP contribution in [-0.4, -0.2) is 63.7 Å². The average molecular weight is 707 g/mol. The minimum atomic E-state index is -4.56. The van der Waals surface area contributed by atoms with E-state index in [1.54, 1.807) is 24.3 Å². The third-order valence-corrected chi connectivity index (χ3v) is 8.88. The first-order valence-electron chi connectivity index (χ1n) is 15.6. The topological polar surface area (TPSA) is 133 Å². The minimum absolute atomic E-state index is 0. The van der Waals surface area contributed by atoms with Crippen LogP contribution >= 0.6 is 0 Å². The summed E-state index contributed by atoms with van der Waals surface area (Å²) in [7, 11) is -9.12. The van der Waals surface area contributed by atoms with Crippen LogP contribution in [0.5, 0.6) is 23.0 Å². The fourth-order valence-corrected chi connectivity index (χ4v) is 5.98. The molecule has 0 fully saturated rings. The van der Waals surface area contributed by atoms with Gasteiger partial charge in [-0.05, 0) is 85.3 Å². The minimum Gasteiger partial charge on any atom is -0.744 e. The second-order valence-electron chi connectivity index (χ2n) is 10.9. The maximum absolute atomic E-state index is 11.3. The molecular weight excluding hydrogens is 665 g/mol. The second-order valence-corrected chi connectivity index (χ2v) is 13.6. The van der Waals surface area contributed by atoms with E-state index in [1.165, 1.54) is 74.9 Å². The van der Waals surface area contributed by atoms with Crippen LogP contribution in [0.1, 0.15) is 76.3 Å². The molecule has 0 aliphatic rings. The molecule has 47 heavy (non-hydrogen) atoms. The zero-order valence-electron chi connectivity index (χ0n) is 27.1. The van der Waals surface area contributed by atoms with Crippen LogP contribution in [0.3, 0.4) is 0 Å². The summed E-state index contributed by atoms with van der Waals surface area (Å²) in [6, 6.07) is 26.8. The zero-order chi connectivity index (χ0) is 33.4. The van der Waals surface area contributed by atoms with E-state index in [0.717, 1.165) is 36.8 Å². The first-order valence-corrected chi connectivity index (χ1v) is 18.5. The standard InChI is InChI=1S/2C18H22O4S.Ca/c2*1-2-3-4-5-9-15-10-8-11-16(14-15)22-17-12-6-7-13-18(17)23(19,20)21;/h2*6-8,10-14H,2-5,9H2,1H3,(H,19,20,21);/q;;+2/p-2. The third kappa shape index (κ3) is 14.7. The number of unbranched alkanes of at least 4 members (excludes halogenated alkanes) is 6. The van der Waals surface area contributed by atoms with Crippen molar-refractivity contribution in [3.63, 3.8) is 0 Å². The van der Waals surface area contributed by atoms with Crippen LogP contribution < -0.4 is 9.47 Å². The van der Waals surface area contributed by atoms with E-state index in [2.05, 4.69) is 13.8 Å². The summed E-state index contributed by atoms with van der Waals surface area (Å²) in [5.41, 5.74) is 2.28. The maximum atomic E-state index is 11.3. The molecule has 248 valence electrons. The van der Waals surface area contributed by atoms with Crippen molar-refractivity contribution in [1.29, 1.82) is 0 Å². The maximum Gasteiger partial charge on any atom is 2.00 e. The molecule has 0 aromatic heterocycles. The van der Waals surface area contributed by atoms with Gasteiger partial charge in [-0.3, -0.25) is 0 Å². The fourth-order valence-electron chi connectivity index (χ4n) is 4.78. The number of aryl methyl sites for hydroxylation is 2. The molecule has 4 rings (SSSR count).